The van der Waals surface area contributed by atoms with Gasteiger partial charge in [-0.3, -0.25) is 4.79 Å². The number of carbonyl (C=O) groups is 2. The molecule has 4 heteroatoms. The first-order valence-corrected chi connectivity index (χ1v) is 11.3. The smallest absolute Gasteiger partial charge is 0.332 e. The van der Waals surface area contributed by atoms with E-state index in [4.69, 9.17) is 4.74 Å². The first-order valence-electron chi connectivity index (χ1n) is 11.3. The molecule has 0 aromatic rings. The summed E-state index contributed by atoms with van der Waals surface area (Å²) in [5.74, 6) is -0.0529. The molecule has 1 unspecified atom stereocenters. The van der Waals surface area contributed by atoms with Crippen molar-refractivity contribution in [2.75, 3.05) is 6.61 Å². The van der Waals surface area contributed by atoms with Gasteiger partial charge in [-0.2, -0.15) is 0 Å². The van der Waals surface area contributed by atoms with Gasteiger partial charge in [0.25, 0.3) is 0 Å². The maximum Gasteiger partial charge on any atom is 0.332 e. The van der Waals surface area contributed by atoms with Crippen LogP contribution in [0, 0.1) is 11.8 Å². The molecule has 3 atom stereocenters. The van der Waals surface area contributed by atoms with Crippen LogP contribution in [0.3, 0.4) is 0 Å². The van der Waals surface area contributed by atoms with E-state index in [-0.39, 0.29) is 5.92 Å². The number of carbonyl (C=O) groups excluding carboxylic acids is 1. The molecule has 0 saturated heterocycles. The minimum Gasteiger partial charge on any atom is -0.479 e. The monoisotopic (exact) mass is 392 g/mol. The summed E-state index contributed by atoms with van der Waals surface area (Å²) in [6, 6.07) is 0. The van der Waals surface area contributed by atoms with Crippen molar-refractivity contribution < 1.29 is 19.4 Å². The molecule has 160 valence electrons. The molecule has 4 nitrogen and oxygen atoms in total. The Labute approximate surface area is 171 Å². The minimum absolute atomic E-state index is 0.0965. The second-order valence-corrected chi connectivity index (χ2v) is 7.89. The number of ketones is 1. The largest absolute Gasteiger partial charge is 0.479 e. The van der Waals surface area contributed by atoms with Gasteiger partial charge in [-0.1, -0.05) is 63.8 Å². The highest BCUT2D eigenvalue weighted by Crippen LogP contribution is 2.33. The summed E-state index contributed by atoms with van der Waals surface area (Å²) in [6.07, 6.45) is 19.5. The quantitative estimate of drug-likeness (QED) is 0.254. The SMILES string of the molecule is CCCCCC/C=C/[C@H]1CCC(=O)[C@@H]1C/C=C\CCC(OCCCC)C(=O)O. The van der Waals surface area contributed by atoms with Crippen LogP contribution in [-0.2, 0) is 14.3 Å². The zero-order valence-electron chi connectivity index (χ0n) is 17.9. The normalized spacial score (nSPS) is 21.1. The van der Waals surface area contributed by atoms with E-state index in [0.717, 1.165) is 32.1 Å². The van der Waals surface area contributed by atoms with Crippen molar-refractivity contribution in [1.82, 2.24) is 0 Å². The van der Waals surface area contributed by atoms with Crippen LogP contribution in [0.5, 0.6) is 0 Å². The van der Waals surface area contributed by atoms with Crippen molar-refractivity contribution in [3.05, 3.63) is 24.3 Å². The molecule has 1 aliphatic carbocycles. The highest BCUT2D eigenvalue weighted by Gasteiger charge is 2.31. The lowest BCUT2D eigenvalue weighted by Gasteiger charge is -2.13. The predicted molar refractivity (Wildman–Crippen MR) is 114 cm³/mol. The number of allylic oxidation sites excluding steroid dienone is 4. The third-order valence-electron chi connectivity index (χ3n) is 5.51. The highest BCUT2D eigenvalue weighted by molar-refractivity contribution is 5.83. The molecule has 0 bridgehead atoms. The Morgan fingerprint density at radius 2 is 1.89 bits per heavy atom. The topological polar surface area (TPSA) is 63.6 Å². The Bertz CT molecular complexity index is 495. The molecular formula is C24H40O4. The third-order valence-corrected chi connectivity index (χ3v) is 5.51. The first-order chi connectivity index (χ1) is 13.6. The van der Waals surface area contributed by atoms with Gasteiger partial charge in [0.15, 0.2) is 6.10 Å². The van der Waals surface area contributed by atoms with Gasteiger partial charge in [0, 0.05) is 18.9 Å². The van der Waals surface area contributed by atoms with Crippen molar-refractivity contribution in [3.8, 4) is 0 Å². The van der Waals surface area contributed by atoms with E-state index in [1.54, 1.807) is 0 Å². The second-order valence-electron chi connectivity index (χ2n) is 7.89. The molecule has 0 amide bonds. The van der Waals surface area contributed by atoms with Crippen LogP contribution >= 0.6 is 0 Å². The van der Waals surface area contributed by atoms with Gasteiger partial charge in [-0.25, -0.2) is 4.79 Å². The average molecular weight is 393 g/mol. The fourth-order valence-corrected chi connectivity index (χ4v) is 3.69. The lowest BCUT2D eigenvalue weighted by molar-refractivity contribution is -0.150. The molecule has 1 fully saturated rings. The molecule has 1 saturated carbocycles. The molecule has 0 spiro atoms. The van der Waals surface area contributed by atoms with Crippen molar-refractivity contribution in [3.63, 3.8) is 0 Å². The Balaban J connectivity index is 2.34. The van der Waals surface area contributed by atoms with Crippen LogP contribution in [0.25, 0.3) is 0 Å². The number of aliphatic carboxylic acids is 1. The van der Waals surface area contributed by atoms with Crippen molar-refractivity contribution in [2.24, 2.45) is 11.8 Å². The molecule has 0 aromatic carbocycles. The number of Topliss-reactive ketones (excluding diaryl/α,β-unsaturated/α-hetero) is 1. The van der Waals surface area contributed by atoms with Crippen LogP contribution in [0.4, 0.5) is 0 Å². The molecule has 1 N–H and O–H groups in total. The Morgan fingerprint density at radius 1 is 1.11 bits per heavy atom. The first kappa shape index (κ1) is 24.6. The number of ether oxygens (including phenoxy) is 1. The summed E-state index contributed by atoms with van der Waals surface area (Å²) in [4.78, 5) is 23.4. The van der Waals surface area contributed by atoms with Crippen LogP contribution < -0.4 is 0 Å². The van der Waals surface area contributed by atoms with Crippen LogP contribution in [0.15, 0.2) is 24.3 Å². The Hall–Kier alpha value is -1.42. The molecule has 28 heavy (non-hydrogen) atoms. The lowest BCUT2D eigenvalue weighted by atomic mass is 9.91. The number of rotatable bonds is 16. The molecular weight excluding hydrogens is 352 g/mol. The van der Waals surface area contributed by atoms with E-state index in [1.807, 2.05) is 6.08 Å². The zero-order chi connectivity index (χ0) is 20.6. The number of hydrogen-bond acceptors (Lipinski definition) is 3. The number of carboxylic acids is 1. The van der Waals surface area contributed by atoms with Gasteiger partial charge in [0.1, 0.15) is 5.78 Å². The molecule has 1 aliphatic rings. The van der Waals surface area contributed by atoms with Crippen molar-refractivity contribution in [2.45, 2.75) is 97.0 Å². The standard InChI is InChI=1S/C24H40O4/c1-3-5-7-8-9-11-14-20-17-18-22(25)21(20)15-12-10-13-16-23(24(26)27)28-19-6-4-2/h10-12,14,20-21,23H,3-9,13,15-19H2,1-2H3,(H,26,27)/b12-10-,14-11+/t20-,21+,23?/m0/s1. The highest BCUT2D eigenvalue weighted by atomic mass is 16.5. The number of carboxylic acid groups (broad SMARTS) is 1. The van der Waals surface area contributed by atoms with Gasteiger partial charge in [-0.05, 0) is 50.9 Å². The molecule has 0 radical (unpaired) electrons. The third kappa shape index (κ3) is 10.2. The van der Waals surface area contributed by atoms with Gasteiger partial charge in [-0.15, -0.1) is 0 Å². The van der Waals surface area contributed by atoms with E-state index in [1.165, 1.54) is 25.7 Å². The number of unbranched alkanes of at least 4 members (excludes halogenated alkanes) is 5. The average Bonchev–Trinajstić information content (AvgIpc) is 3.02. The molecule has 1 rings (SSSR count). The minimum atomic E-state index is -0.889. The van der Waals surface area contributed by atoms with Crippen molar-refractivity contribution in [1.29, 1.82) is 0 Å². The fourth-order valence-electron chi connectivity index (χ4n) is 3.69. The van der Waals surface area contributed by atoms with E-state index >= 15 is 0 Å². The second kappa shape index (κ2) is 15.5. The van der Waals surface area contributed by atoms with Gasteiger partial charge in [0.05, 0.1) is 0 Å². The van der Waals surface area contributed by atoms with E-state index in [2.05, 4.69) is 32.1 Å². The predicted octanol–water partition coefficient (Wildman–Crippen LogP) is 6.10. The summed E-state index contributed by atoms with van der Waals surface area (Å²) in [6.45, 7) is 4.78. The Kier molecular flexibility index (Phi) is 13.6. The van der Waals surface area contributed by atoms with Crippen molar-refractivity contribution >= 4 is 11.8 Å². The zero-order valence-corrected chi connectivity index (χ0v) is 17.9. The summed E-state index contributed by atoms with van der Waals surface area (Å²) < 4.78 is 5.44. The number of hydrogen-bond donors (Lipinski definition) is 1. The van der Waals surface area contributed by atoms with Gasteiger partial charge < -0.3 is 9.84 Å². The maximum absolute atomic E-state index is 12.2. The summed E-state index contributed by atoms with van der Waals surface area (Å²) in [5.41, 5.74) is 0. The van der Waals surface area contributed by atoms with Crippen LogP contribution in [-0.4, -0.2) is 29.6 Å². The summed E-state index contributed by atoms with van der Waals surface area (Å²) in [5, 5.41) is 9.22. The van der Waals surface area contributed by atoms with Crippen LogP contribution in [0.2, 0.25) is 0 Å². The van der Waals surface area contributed by atoms with Gasteiger partial charge >= 0.3 is 5.97 Å². The fraction of sp³-hybridized carbons (Fsp3) is 0.750. The van der Waals surface area contributed by atoms with Crippen LogP contribution in [0.1, 0.15) is 90.9 Å². The molecule has 0 aromatic heterocycles. The molecule has 0 aliphatic heterocycles. The molecule has 0 heterocycles. The van der Waals surface area contributed by atoms with E-state index in [9.17, 15) is 14.7 Å². The van der Waals surface area contributed by atoms with E-state index in [0.29, 0.717) is 37.6 Å². The summed E-state index contributed by atoms with van der Waals surface area (Å²) in [7, 11) is 0. The summed E-state index contributed by atoms with van der Waals surface area (Å²) >= 11 is 0. The Morgan fingerprint density at radius 3 is 2.61 bits per heavy atom. The van der Waals surface area contributed by atoms with Gasteiger partial charge in [0.2, 0.25) is 0 Å². The van der Waals surface area contributed by atoms with E-state index < -0.39 is 12.1 Å². The maximum atomic E-state index is 12.2. The lowest BCUT2D eigenvalue weighted by Crippen LogP contribution is -2.24.